The van der Waals surface area contributed by atoms with Crippen molar-refractivity contribution < 1.29 is 4.74 Å². The third-order valence-corrected chi connectivity index (χ3v) is 5.77. The third-order valence-electron chi connectivity index (χ3n) is 5.77. The van der Waals surface area contributed by atoms with Crippen molar-refractivity contribution >= 4 is 11.7 Å². The molecule has 0 saturated carbocycles. The molecule has 4 aromatic rings. The number of fused-ring (bicyclic) bond motifs is 1. The Hall–Kier alpha value is -4.07. The Morgan fingerprint density at radius 1 is 1.03 bits per heavy atom. The number of pyridine rings is 1. The Morgan fingerprint density at radius 3 is 2.53 bits per heavy atom. The molecule has 0 amide bonds. The molecule has 0 spiro atoms. The summed E-state index contributed by atoms with van der Waals surface area (Å²) in [5.41, 5.74) is 6.01. The molecule has 1 unspecified atom stereocenters. The van der Waals surface area contributed by atoms with E-state index in [1.807, 2.05) is 65.9 Å². The average molecular weight is 425 g/mol. The molecule has 8 nitrogen and oxygen atoms in total. The van der Waals surface area contributed by atoms with Gasteiger partial charge in [-0.25, -0.2) is 9.97 Å². The van der Waals surface area contributed by atoms with E-state index in [0.717, 1.165) is 28.1 Å². The minimum absolute atomic E-state index is 0.0219. The molecule has 0 bridgehead atoms. The highest BCUT2D eigenvalue weighted by molar-refractivity contribution is 6.12. The molecular formula is C24H23N7O. The number of benzene rings is 1. The summed E-state index contributed by atoms with van der Waals surface area (Å²) in [5.74, 6) is 1.60. The maximum absolute atomic E-state index is 8.65. The van der Waals surface area contributed by atoms with Crippen LogP contribution in [0.15, 0.2) is 55.0 Å². The number of rotatable bonds is 4. The lowest BCUT2D eigenvalue weighted by Crippen LogP contribution is -2.28. The smallest absolute Gasteiger partial charge is 0.238 e. The summed E-state index contributed by atoms with van der Waals surface area (Å²) in [6, 6.07) is 13.8. The van der Waals surface area contributed by atoms with E-state index in [0.29, 0.717) is 28.9 Å². The number of hydrogen-bond acceptors (Lipinski definition) is 6. The first-order chi connectivity index (χ1) is 15.5. The van der Waals surface area contributed by atoms with Crippen LogP contribution in [0.4, 0.5) is 5.82 Å². The Kier molecular flexibility index (Phi) is 4.70. The van der Waals surface area contributed by atoms with Crippen LogP contribution in [0.3, 0.4) is 0 Å². The van der Waals surface area contributed by atoms with Gasteiger partial charge in [0.15, 0.2) is 5.82 Å². The minimum Gasteiger partial charge on any atom is -0.479 e. The lowest BCUT2D eigenvalue weighted by molar-refractivity contribution is 0.396. The summed E-state index contributed by atoms with van der Waals surface area (Å²) in [6.45, 7) is 6.00. The summed E-state index contributed by atoms with van der Waals surface area (Å²) in [4.78, 5) is 10.8. The van der Waals surface area contributed by atoms with Gasteiger partial charge < -0.3 is 14.2 Å². The molecular weight excluding hydrogens is 402 g/mol. The molecule has 5 rings (SSSR count). The van der Waals surface area contributed by atoms with Gasteiger partial charge in [0.1, 0.15) is 17.2 Å². The fraction of sp³-hybridized carbons (Fsp3) is 0.208. The maximum atomic E-state index is 8.65. The van der Waals surface area contributed by atoms with Gasteiger partial charge in [0.25, 0.3) is 0 Å². The Bertz CT molecular complexity index is 1340. The summed E-state index contributed by atoms with van der Waals surface area (Å²) >= 11 is 0. The van der Waals surface area contributed by atoms with Gasteiger partial charge in [0, 0.05) is 11.8 Å². The molecule has 32 heavy (non-hydrogen) atoms. The molecule has 1 aromatic carbocycles. The first-order valence-electron chi connectivity index (χ1n) is 10.4. The molecule has 0 aliphatic carbocycles. The molecule has 1 aliphatic heterocycles. The van der Waals surface area contributed by atoms with E-state index in [9.17, 15) is 0 Å². The van der Waals surface area contributed by atoms with Gasteiger partial charge in [-0.3, -0.25) is 5.41 Å². The SMILES string of the molecule is COc1nc(-c2cc(C)c(N3C(=N)c4ccccc4C3C)nn2)ccc1-n1cnc(C)c1. The van der Waals surface area contributed by atoms with Crippen molar-refractivity contribution in [3.63, 3.8) is 0 Å². The molecule has 160 valence electrons. The van der Waals surface area contributed by atoms with Gasteiger partial charge in [0.05, 0.1) is 30.9 Å². The van der Waals surface area contributed by atoms with E-state index >= 15 is 0 Å². The van der Waals surface area contributed by atoms with E-state index in [4.69, 9.17) is 10.1 Å². The Balaban J connectivity index is 1.50. The van der Waals surface area contributed by atoms with Crippen molar-refractivity contribution in [1.29, 1.82) is 5.41 Å². The lowest BCUT2D eigenvalue weighted by Gasteiger charge is -2.24. The van der Waals surface area contributed by atoms with E-state index in [2.05, 4.69) is 33.2 Å². The van der Waals surface area contributed by atoms with Crippen LogP contribution in [0.1, 0.15) is 35.3 Å². The van der Waals surface area contributed by atoms with Gasteiger partial charge >= 0.3 is 0 Å². The average Bonchev–Trinajstić information content (AvgIpc) is 3.35. The van der Waals surface area contributed by atoms with E-state index in [-0.39, 0.29) is 6.04 Å². The number of nitrogens with zero attached hydrogens (tertiary/aromatic N) is 6. The largest absolute Gasteiger partial charge is 0.479 e. The quantitative estimate of drug-likeness (QED) is 0.525. The fourth-order valence-corrected chi connectivity index (χ4v) is 4.15. The van der Waals surface area contributed by atoms with Crippen LogP contribution in [0.25, 0.3) is 17.1 Å². The molecule has 4 heterocycles. The van der Waals surface area contributed by atoms with Crippen LogP contribution < -0.4 is 9.64 Å². The third kappa shape index (κ3) is 3.11. The number of nitrogens with one attached hydrogen (secondary N) is 1. The predicted molar refractivity (Wildman–Crippen MR) is 123 cm³/mol. The molecule has 8 heteroatoms. The molecule has 1 atom stereocenters. The molecule has 1 N–H and O–H groups in total. The number of hydrogen-bond donors (Lipinski definition) is 1. The number of anilines is 1. The zero-order chi connectivity index (χ0) is 22.4. The standard InChI is InChI=1S/C24H23N7O/c1-14-11-20(19-9-10-21(24(27-19)32-4)30-12-15(2)26-13-30)28-29-23(14)31-16(3)17-7-5-6-8-18(17)22(31)25/h5-13,16,25H,1-4H3. The number of ether oxygens (including phenoxy) is 1. The molecule has 0 fully saturated rings. The second-order valence-electron chi connectivity index (χ2n) is 7.87. The first-order valence-corrected chi connectivity index (χ1v) is 10.4. The minimum atomic E-state index is 0.0219. The van der Waals surface area contributed by atoms with Crippen LogP contribution in [0.5, 0.6) is 5.88 Å². The van der Waals surface area contributed by atoms with Crippen LogP contribution in [-0.2, 0) is 0 Å². The van der Waals surface area contributed by atoms with Crippen molar-refractivity contribution in [2.45, 2.75) is 26.8 Å². The Labute approximate surface area is 186 Å². The second kappa shape index (κ2) is 7.56. The fourth-order valence-electron chi connectivity index (χ4n) is 4.15. The monoisotopic (exact) mass is 425 g/mol. The van der Waals surface area contributed by atoms with Crippen molar-refractivity contribution in [3.05, 3.63) is 77.4 Å². The van der Waals surface area contributed by atoms with Crippen molar-refractivity contribution in [2.75, 3.05) is 12.0 Å². The van der Waals surface area contributed by atoms with Crippen LogP contribution in [0.2, 0.25) is 0 Å². The van der Waals surface area contributed by atoms with E-state index in [1.54, 1.807) is 13.4 Å². The van der Waals surface area contributed by atoms with E-state index < -0.39 is 0 Å². The maximum Gasteiger partial charge on any atom is 0.238 e. The second-order valence-corrected chi connectivity index (χ2v) is 7.87. The molecule has 3 aromatic heterocycles. The van der Waals surface area contributed by atoms with Gasteiger partial charge in [-0.05, 0) is 50.1 Å². The number of aromatic nitrogens is 5. The normalized spacial score (nSPS) is 15.2. The summed E-state index contributed by atoms with van der Waals surface area (Å²) in [5, 5.41) is 17.6. The highest BCUT2D eigenvalue weighted by atomic mass is 16.5. The van der Waals surface area contributed by atoms with Crippen molar-refractivity contribution in [1.82, 2.24) is 24.7 Å². The van der Waals surface area contributed by atoms with Gasteiger partial charge in [-0.2, -0.15) is 0 Å². The highest BCUT2D eigenvalue weighted by Crippen LogP contribution is 2.37. The number of imidazole rings is 1. The van der Waals surface area contributed by atoms with Crippen molar-refractivity contribution in [3.8, 4) is 23.0 Å². The zero-order valence-electron chi connectivity index (χ0n) is 18.4. The highest BCUT2D eigenvalue weighted by Gasteiger charge is 2.33. The van der Waals surface area contributed by atoms with Crippen LogP contribution in [0, 0.1) is 19.3 Å². The number of methoxy groups -OCH3 is 1. The topological polar surface area (TPSA) is 92.8 Å². The Morgan fingerprint density at radius 2 is 1.84 bits per heavy atom. The van der Waals surface area contributed by atoms with Gasteiger partial charge in [0.2, 0.25) is 5.88 Å². The van der Waals surface area contributed by atoms with Gasteiger partial charge in [-0.1, -0.05) is 24.3 Å². The number of amidine groups is 1. The van der Waals surface area contributed by atoms with Crippen molar-refractivity contribution in [2.24, 2.45) is 0 Å². The summed E-state index contributed by atoms with van der Waals surface area (Å²) < 4.78 is 7.40. The zero-order valence-corrected chi connectivity index (χ0v) is 18.4. The summed E-state index contributed by atoms with van der Waals surface area (Å²) in [7, 11) is 1.59. The van der Waals surface area contributed by atoms with E-state index in [1.165, 1.54) is 0 Å². The molecule has 0 saturated heterocycles. The van der Waals surface area contributed by atoms with Crippen LogP contribution >= 0.6 is 0 Å². The summed E-state index contributed by atoms with van der Waals surface area (Å²) in [6.07, 6.45) is 3.65. The lowest BCUT2D eigenvalue weighted by atomic mass is 10.1. The number of aryl methyl sites for hydroxylation is 2. The van der Waals surface area contributed by atoms with Gasteiger partial charge in [-0.15, -0.1) is 10.2 Å². The van der Waals surface area contributed by atoms with Crippen LogP contribution in [-0.4, -0.2) is 37.7 Å². The predicted octanol–water partition coefficient (Wildman–Crippen LogP) is 4.26. The molecule has 0 radical (unpaired) electrons. The first kappa shape index (κ1) is 19.9. The molecule has 1 aliphatic rings.